The summed E-state index contributed by atoms with van der Waals surface area (Å²) in [6.07, 6.45) is 0.609. The van der Waals surface area contributed by atoms with E-state index in [1.54, 1.807) is 0 Å². The Morgan fingerprint density at radius 2 is 2.06 bits per heavy atom. The summed E-state index contributed by atoms with van der Waals surface area (Å²) < 4.78 is 17.7. The minimum absolute atomic E-state index is 0. The number of nitrogens with one attached hydrogen (secondary N) is 1. The molecule has 17 heavy (non-hydrogen) atoms. The average molecular weight is 280 g/mol. The van der Waals surface area contributed by atoms with Crippen LogP contribution in [0.25, 0.3) is 0 Å². The zero-order valence-corrected chi connectivity index (χ0v) is 10.9. The lowest BCUT2D eigenvalue weighted by Gasteiger charge is -2.29. The van der Waals surface area contributed by atoms with E-state index in [0.717, 1.165) is 11.4 Å². The van der Waals surface area contributed by atoms with Crippen molar-refractivity contribution >= 4 is 24.0 Å². The van der Waals surface area contributed by atoms with Gasteiger partial charge in [-0.15, -0.1) is 12.4 Å². The van der Waals surface area contributed by atoms with Crippen LogP contribution >= 0.6 is 24.0 Å². The van der Waals surface area contributed by atoms with E-state index in [0.29, 0.717) is 13.2 Å². The first kappa shape index (κ1) is 14.7. The summed E-state index contributed by atoms with van der Waals surface area (Å²) in [5.74, 6) is 0. The number of hydrogen-bond donors (Lipinski definition) is 1. The van der Waals surface area contributed by atoms with Crippen LogP contribution in [-0.4, -0.2) is 32.0 Å². The molecule has 0 radical (unpaired) electrons. The van der Waals surface area contributed by atoms with Crippen LogP contribution < -0.4 is 5.32 Å². The highest BCUT2D eigenvalue weighted by Crippen LogP contribution is 2.12. The van der Waals surface area contributed by atoms with Crippen molar-refractivity contribution < 1.29 is 9.13 Å². The molecule has 1 aromatic rings. The number of halogens is 3. The Kier molecular flexibility index (Phi) is 6.20. The molecule has 1 saturated heterocycles. The van der Waals surface area contributed by atoms with E-state index in [1.165, 1.54) is 5.56 Å². The third-order valence-electron chi connectivity index (χ3n) is 2.73. The maximum Gasteiger partial charge on any atom is 0.117 e. The number of ether oxygens (including phenoxy) is 1. The molecule has 96 valence electrons. The highest BCUT2D eigenvalue weighted by molar-refractivity contribution is 6.30. The maximum atomic E-state index is 12.3. The minimum Gasteiger partial charge on any atom is -0.373 e. The van der Waals surface area contributed by atoms with Gasteiger partial charge in [-0.3, -0.25) is 0 Å². The molecule has 0 amide bonds. The lowest BCUT2D eigenvalue weighted by atomic mass is 10.1. The summed E-state index contributed by atoms with van der Waals surface area (Å²) in [6, 6.07) is 8.04. The molecule has 1 aliphatic rings. The molecule has 0 unspecified atom stereocenters. The zero-order valence-electron chi connectivity index (χ0n) is 9.36. The highest BCUT2D eigenvalue weighted by atomic mass is 35.5. The van der Waals surface area contributed by atoms with Crippen molar-refractivity contribution in [2.24, 2.45) is 0 Å². The fourth-order valence-electron chi connectivity index (χ4n) is 1.80. The molecule has 0 saturated carbocycles. The van der Waals surface area contributed by atoms with Crippen molar-refractivity contribution in [2.45, 2.75) is 18.6 Å². The summed E-state index contributed by atoms with van der Waals surface area (Å²) in [6.45, 7) is 0.743. The predicted octanol–water partition coefficient (Wildman–Crippen LogP) is 2.63. The lowest BCUT2D eigenvalue weighted by Crippen LogP contribution is -2.48. The van der Waals surface area contributed by atoms with Crippen LogP contribution in [0.5, 0.6) is 0 Å². The number of hydrogen-bond acceptors (Lipinski definition) is 2. The van der Waals surface area contributed by atoms with Gasteiger partial charge in [0.1, 0.15) is 6.67 Å². The summed E-state index contributed by atoms with van der Waals surface area (Å²) in [5, 5.41) is 4.03. The van der Waals surface area contributed by atoms with Crippen LogP contribution in [0.1, 0.15) is 5.56 Å². The maximum absolute atomic E-state index is 12.3. The summed E-state index contributed by atoms with van der Waals surface area (Å²) >= 11 is 5.81. The zero-order chi connectivity index (χ0) is 11.4. The van der Waals surface area contributed by atoms with Crippen molar-refractivity contribution in [1.29, 1.82) is 0 Å². The topological polar surface area (TPSA) is 21.3 Å². The van der Waals surface area contributed by atoms with Gasteiger partial charge in [0.15, 0.2) is 0 Å². The van der Waals surface area contributed by atoms with Crippen LogP contribution in [0.3, 0.4) is 0 Å². The largest absolute Gasteiger partial charge is 0.373 e. The van der Waals surface area contributed by atoms with Gasteiger partial charge in [0, 0.05) is 17.6 Å². The summed E-state index contributed by atoms with van der Waals surface area (Å²) in [7, 11) is 0. The SMILES string of the molecule is Cl.FC[C@H]1CN[C@@H](Cc2ccc(Cl)cc2)CO1. The van der Waals surface area contributed by atoms with Crippen molar-refractivity contribution in [3.8, 4) is 0 Å². The molecule has 2 nitrogen and oxygen atoms in total. The Bertz CT molecular complexity index is 326. The molecule has 1 aromatic carbocycles. The third kappa shape index (κ3) is 4.43. The molecule has 0 bridgehead atoms. The van der Waals surface area contributed by atoms with Crippen LogP contribution in [-0.2, 0) is 11.2 Å². The molecule has 0 aromatic heterocycles. The fraction of sp³-hybridized carbons (Fsp3) is 0.500. The van der Waals surface area contributed by atoms with E-state index in [1.807, 2.05) is 24.3 Å². The number of morpholine rings is 1. The Labute approximate surface area is 112 Å². The summed E-state index contributed by atoms with van der Waals surface area (Å²) in [4.78, 5) is 0. The quantitative estimate of drug-likeness (QED) is 0.919. The van der Waals surface area contributed by atoms with Gasteiger partial charge in [0.2, 0.25) is 0 Å². The first-order valence-corrected chi connectivity index (χ1v) is 5.81. The molecular weight excluding hydrogens is 264 g/mol. The lowest BCUT2D eigenvalue weighted by molar-refractivity contribution is -0.00818. The molecule has 1 aliphatic heterocycles. The Hall–Kier alpha value is -0.350. The smallest absolute Gasteiger partial charge is 0.117 e. The van der Waals surface area contributed by atoms with Crippen LogP contribution in [0, 0.1) is 0 Å². The van der Waals surface area contributed by atoms with Crippen molar-refractivity contribution in [1.82, 2.24) is 5.32 Å². The van der Waals surface area contributed by atoms with Gasteiger partial charge in [-0.25, -0.2) is 4.39 Å². The van der Waals surface area contributed by atoms with E-state index in [-0.39, 0.29) is 24.6 Å². The molecule has 5 heteroatoms. The van der Waals surface area contributed by atoms with Crippen molar-refractivity contribution in [3.63, 3.8) is 0 Å². The predicted molar refractivity (Wildman–Crippen MR) is 69.9 cm³/mol. The van der Waals surface area contributed by atoms with Gasteiger partial charge in [-0.1, -0.05) is 23.7 Å². The summed E-state index contributed by atoms with van der Waals surface area (Å²) in [5.41, 5.74) is 1.21. The van der Waals surface area contributed by atoms with E-state index < -0.39 is 6.67 Å². The van der Waals surface area contributed by atoms with E-state index in [2.05, 4.69) is 5.32 Å². The highest BCUT2D eigenvalue weighted by Gasteiger charge is 2.20. The van der Waals surface area contributed by atoms with Gasteiger partial charge in [-0.2, -0.15) is 0 Å². The van der Waals surface area contributed by atoms with Gasteiger partial charge in [0.25, 0.3) is 0 Å². The second-order valence-electron chi connectivity index (χ2n) is 4.05. The Balaban J connectivity index is 0.00000144. The van der Waals surface area contributed by atoms with Gasteiger partial charge < -0.3 is 10.1 Å². The monoisotopic (exact) mass is 279 g/mol. The average Bonchev–Trinajstić information content (AvgIpc) is 2.33. The number of alkyl halides is 1. The van der Waals surface area contributed by atoms with Gasteiger partial charge >= 0.3 is 0 Å². The standard InChI is InChI=1S/C12H15ClFNO.ClH/c13-10-3-1-9(2-4-10)5-11-8-16-12(6-14)7-15-11;/h1-4,11-12,15H,5-8H2;1H/t11-,12-;/m0./s1. The fourth-order valence-corrected chi connectivity index (χ4v) is 1.93. The van der Waals surface area contributed by atoms with Crippen molar-refractivity contribution in [2.75, 3.05) is 19.8 Å². The van der Waals surface area contributed by atoms with Gasteiger partial charge in [0.05, 0.1) is 12.7 Å². The number of rotatable bonds is 3. The van der Waals surface area contributed by atoms with Gasteiger partial charge in [-0.05, 0) is 24.1 Å². The molecule has 0 spiro atoms. The second kappa shape index (κ2) is 7.17. The molecule has 2 atom stereocenters. The van der Waals surface area contributed by atoms with E-state index >= 15 is 0 Å². The van der Waals surface area contributed by atoms with Crippen LogP contribution in [0.2, 0.25) is 5.02 Å². The van der Waals surface area contributed by atoms with E-state index in [9.17, 15) is 4.39 Å². The van der Waals surface area contributed by atoms with Crippen LogP contribution in [0.4, 0.5) is 4.39 Å². The Morgan fingerprint density at radius 3 is 2.59 bits per heavy atom. The normalized spacial score (nSPS) is 24.1. The second-order valence-corrected chi connectivity index (χ2v) is 4.48. The first-order valence-electron chi connectivity index (χ1n) is 5.43. The minimum atomic E-state index is -0.416. The molecular formula is C12H16Cl2FNO. The number of benzene rings is 1. The molecule has 1 N–H and O–H groups in total. The first-order chi connectivity index (χ1) is 7.78. The van der Waals surface area contributed by atoms with Crippen LogP contribution in [0.15, 0.2) is 24.3 Å². The van der Waals surface area contributed by atoms with E-state index in [4.69, 9.17) is 16.3 Å². The van der Waals surface area contributed by atoms with Crippen molar-refractivity contribution in [3.05, 3.63) is 34.9 Å². The molecule has 0 aliphatic carbocycles. The molecule has 1 heterocycles. The molecule has 1 fully saturated rings. The third-order valence-corrected chi connectivity index (χ3v) is 2.99. The Morgan fingerprint density at radius 1 is 1.35 bits per heavy atom. The molecule has 2 rings (SSSR count).